The van der Waals surface area contributed by atoms with Crippen molar-refractivity contribution in [2.45, 2.75) is 42.3 Å². The second kappa shape index (κ2) is 8.36. The number of halogens is 2. The summed E-state index contributed by atoms with van der Waals surface area (Å²) in [6.45, 7) is 1.98. The van der Waals surface area contributed by atoms with E-state index in [0.29, 0.717) is 38.8 Å². The Balaban J connectivity index is 1.42. The predicted molar refractivity (Wildman–Crippen MR) is 142 cm³/mol. The van der Waals surface area contributed by atoms with Crippen LogP contribution >= 0.6 is 35.0 Å². The van der Waals surface area contributed by atoms with Gasteiger partial charge in [0, 0.05) is 31.5 Å². The molecule has 0 amide bonds. The smallest absolute Gasteiger partial charge is 0.205 e. The molecule has 5 nitrogen and oxygen atoms in total. The summed E-state index contributed by atoms with van der Waals surface area (Å²) in [6.07, 6.45) is 2.15. The van der Waals surface area contributed by atoms with Gasteiger partial charge in [0.05, 0.1) is 34.0 Å². The Morgan fingerprint density at radius 1 is 1.00 bits per heavy atom. The number of aromatic nitrogens is 1. The first-order valence-electron chi connectivity index (χ1n) is 11.7. The number of hydrogen-bond donors (Lipinski definition) is 2. The van der Waals surface area contributed by atoms with E-state index in [1.54, 1.807) is 30.0 Å². The Labute approximate surface area is 222 Å². The van der Waals surface area contributed by atoms with Gasteiger partial charge in [-0.25, -0.2) is 0 Å². The summed E-state index contributed by atoms with van der Waals surface area (Å²) >= 11 is 13.9. The van der Waals surface area contributed by atoms with Crippen molar-refractivity contribution in [3.05, 3.63) is 81.3 Å². The van der Waals surface area contributed by atoms with Gasteiger partial charge in [0.1, 0.15) is 5.60 Å². The summed E-state index contributed by atoms with van der Waals surface area (Å²) < 4.78 is 8.08. The van der Waals surface area contributed by atoms with E-state index in [0.717, 1.165) is 34.3 Å². The third-order valence-corrected chi connectivity index (χ3v) is 8.82. The molecule has 2 N–H and O–H groups in total. The minimum atomic E-state index is -0.700. The van der Waals surface area contributed by atoms with Crippen LogP contribution < -0.4 is 0 Å². The van der Waals surface area contributed by atoms with Crippen LogP contribution in [0.2, 0.25) is 10.0 Å². The van der Waals surface area contributed by atoms with Gasteiger partial charge in [-0.3, -0.25) is 4.57 Å². The monoisotopic (exact) mass is 536 g/mol. The van der Waals surface area contributed by atoms with Crippen LogP contribution in [0.4, 0.5) is 0 Å². The zero-order valence-corrected chi connectivity index (χ0v) is 21.7. The lowest BCUT2D eigenvalue weighted by Gasteiger charge is -2.26. The van der Waals surface area contributed by atoms with Crippen LogP contribution in [0.25, 0.3) is 16.5 Å². The molecule has 0 spiro atoms. The zero-order valence-electron chi connectivity index (χ0n) is 19.4. The van der Waals surface area contributed by atoms with Crippen molar-refractivity contribution < 1.29 is 14.9 Å². The van der Waals surface area contributed by atoms with E-state index >= 15 is 0 Å². The summed E-state index contributed by atoms with van der Waals surface area (Å²) in [6, 6.07) is 18.7. The standard InChI is InChI=1S/C28H22Cl2N2O3S/c1-27-8-9-28(35-27,10-11-36-19-13-17(29)12-18(30)14-19)24-23(27)25(33)32(26(24)34)22-7-6-16(15-31)20-4-2-3-5-21(20)22/h2-7,12-14,33-34H,8-11H2,1H3/t27-,28-/m1/s1. The fourth-order valence-electron chi connectivity index (χ4n) is 5.86. The predicted octanol–water partition coefficient (Wildman–Crippen LogP) is 7.64. The molecule has 3 heterocycles. The van der Waals surface area contributed by atoms with Crippen LogP contribution in [0.5, 0.6) is 11.8 Å². The summed E-state index contributed by atoms with van der Waals surface area (Å²) in [5, 5.41) is 35.3. The largest absolute Gasteiger partial charge is 0.494 e. The molecule has 1 saturated heterocycles. The van der Waals surface area contributed by atoms with Crippen molar-refractivity contribution in [2.75, 3.05) is 5.75 Å². The number of nitrogens with zero attached hydrogens (tertiary/aromatic N) is 2. The molecule has 2 bridgehead atoms. The highest BCUT2D eigenvalue weighted by molar-refractivity contribution is 7.99. The van der Waals surface area contributed by atoms with E-state index in [1.807, 2.05) is 43.3 Å². The van der Waals surface area contributed by atoms with Crippen LogP contribution in [0.3, 0.4) is 0 Å². The summed E-state index contributed by atoms with van der Waals surface area (Å²) in [4.78, 5) is 0.969. The van der Waals surface area contributed by atoms with Crippen molar-refractivity contribution in [1.29, 1.82) is 5.26 Å². The zero-order chi connectivity index (χ0) is 25.2. The van der Waals surface area contributed by atoms with E-state index in [9.17, 15) is 15.5 Å². The van der Waals surface area contributed by atoms with Gasteiger partial charge in [0.2, 0.25) is 11.8 Å². The molecule has 0 aliphatic carbocycles. The number of rotatable bonds is 5. The highest BCUT2D eigenvalue weighted by Crippen LogP contribution is 2.65. The Morgan fingerprint density at radius 2 is 1.69 bits per heavy atom. The van der Waals surface area contributed by atoms with Crippen molar-refractivity contribution in [3.8, 4) is 23.5 Å². The van der Waals surface area contributed by atoms with Gasteiger partial charge in [0.25, 0.3) is 0 Å². The quantitative estimate of drug-likeness (QED) is 0.256. The first-order chi connectivity index (χ1) is 17.3. The van der Waals surface area contributed by atoms with Crippen LogP contribution in [0.15, 0.2) is 59.5 Å². The molecule has 2 atom stereocenters. The maximum Gasteiger partial charge on any atom is 0.205 e. The fourth-order valence-corrected chi connectivity index (χ4v) is 7.60. The van der Waals surface area contributed by atoms with E-state index in [1.165, 1.54) is 4.57 Å². The molecule has 1 aromatic heterocycles. The van der Waals surface area contributed by atoms with Crippen molar-refractivity contribution >= 4 is 45.7 Å². The molecule has 0 unspecified atom stereocenters. The average Bonchev–Trinajstić information content (AvgIpc) is 3.42. The number of fused-ring (bicyclic) bond motifs is 6. The summed E-state index contributed by atoms with van der Waals surface area (Å²) in [5.41, 5.74) is 1.08. The molecule has 1 fully saturated rings. The van der Waals surface area contributed by atoms with Gasteiger partial charge in [0.15, 0.2) is 0 Å². The van der Waals surface area contributed by atoms with Gasteiger partial charge in [-0.1, -0.05) is 47.5 Å². The molecular weight excluding hydrogens is 515 g/mol. The molecule has 8 heteroatoms. The molecule has 3 aromatic carbocycles. The van der Waals surface area contributed by atoms with Crippen molar-refractivity contribution in [1.82, 2.24) is 4.57 Å². The van der Waals surface area contributed by atoms with Crippen molar-refractivity contribution in [2.24, 2.45) is 0 Å². The van der Waals surface area contributed by atoms with E-state index < -0.39 is 11.2 Å². The van der Waals surface area contributed by atoms with E-state index in [4.69, 9.17) is 27.9 Å². The lowest BCUT2D eigenvalue weighted by molar-refractivity contribution is -0.0803. The molecule has 36 heavy (non-hydrogen) atoms. The molecular formula is C28H22Cl2N2O3S. The fraction of sp³-hybridized carbons (Fsp3) is 0.250. The SMILES string of the molecule is C[C@]12CC[C@](CCSc3cc(Cl)cc(Cl)c3)(O1)c1c2c(O)n(-c2ccc(C#N)c3ccccc23)c1O. The van der Waals surface area contributed by atoms with Gasteiger partial charge < -0.3 is 14.9 Å². The number of ether oxygens (including phenoxy) is 1. The first kappa shape index (κ1) is 23.6. The van der Waals surface area contributed by atoms with Gasteiger partial charge >= 0.3 is 0 Å². The molecule has 0 saturated carbocycles. The van der Waals surface area contributed by atoms with E-state index in [-0.39, 0.29) is 11.8 Å². The number of hydrogen-bond acceptors (Lipinski definition) is 5. The van der Waals surface area contributed by atoms with Gasteiger partial charge in [-0.2, -0.15) is 5.26 Å². The molecule has 0 radical (unpaired) electrons. The molecule has 2 aliphatic heterocycles. The lowest BCUT2D eigenvalue weighted by Crippen LogP contribution is -2.23. The van der Waals surface area contributed by atoms with Crippen LogP contribution in [0, 0.1) is 11.3 Å². The number of thioether (sulfide) groups is 1. The normalized spacial score (nSPS) is 22.2. The summed E-state index contributed by atoms with van der Waals surface area (Å²) in [5.74, 6) is 0.685. The maximum atomic E-state index is 11.6. The van der Waals surface area contributed by atoms with Gasteiger partial charge in [-0.05, 0) is 56.5 Å². The lowest BCUT2D eigenvalue weighted by atomic mass is 9.78. The maximum absolute atomic E-state index is 11.6. The highest BCUT2D eigenvalue weighted by atomic mass is 35.5. The molecule has 2 aliphatic rings. The molecule has 182 valence electrons. The van der Waals surface area contributed by atoms with Crippen LogP contribution in [-0.2, 0) is 15.9 Å². The summed E-state index contributed by atoms with van der Waals surface area (Å²) in [7, 11) is 0. The minimum absolute atomic E-state index is 0.0171. The second-order valence-corrected chi connectivity index (χ2v) is 11.6. The third kappa shape index (κ3) is 3.42. The number of nitriles is 1. The Bertz CT molecular complexity index is 1570. The van der Waals surface area contributed by atoms with E-state index in [2.05, 4.69) is 6.07 Å². The molecule has 4 aromatic rings. The topological polar surface area (TPSA) is 78.4 Å². The Hall–Kier alpha value is -2.82. The number of benzene rings is 3. The number of aromatic hydroxyl groups is 2. The third-order valence-electron chi connectivity index (χ3n) is 7.40. The second-order valence-electron chi connectivity index (χ2n) is 9.55. The first-order valence-corrected chi connectivity index (χ1v) is 13.4. The van der Waals surface area contributed by atoms with Gasteiger partial charge in [-0.15, -0.1) is 11.8 Å². The Morgan fingerprint density at radius 3 is 2.42 bits per heavy atom. The average molecular weight is 537 g/mol. The highest BCUT2D eigenvalue weighted by Gasteiger charge is 2.61. The molecule has 6 rings (SSSR count). The van der Waals surface area contributed by atoms with Crippen molar-refractivity contribution in [3.63, 3.8) is 0 Å². The van der Waals surface area contributed by atoms with Crippen LogP contribution in [-0.4, -0.2) is 20.5 Å². The minimum Gasteiger partial charge on any atom is -0.494 e. The van der Waals surface area contributed by atoms with Crippen LogP contribution in [0.1, 0.15) is 42.9 Å². The Kier molecular flexibility index (Phi) is 5.47.